The van der Waals surface area contributed by atoms with Gasteiger partial charge in [0.15, 0.2) is 0 Å². The monoisotopic (exact) mass is 254 g/mol. The van der Waals surface area contributed by atoms with Crippen LogP contribution in [0.1, 0.15) is 41.7 Å². The molecule has 18 heavy (non-hydrogen) atoms. The lowest BCUT2D eigenvalue weighted by atomic mass is 10.00. The molecule has 2 heterocycles. The van der Waals surface area contributed by atoms with Crippen LogP contribution < -0.4 is 0 Å². The van der Waals surface area contributed by atoms with Crippen LogP contribution in [0.4, 0.5) is 0 Å². The van der Waals surface area contributed by atoms with Crippen LogP contribution in [0, 0.1) is 0 Å². The van der Waals surface area contributed by atoms with Gasteiger partial charge in [0, 0.05) is 19.1 Å². The van der Waals surface area contributed by atoms with Crippen LogP contribution in [-0.2, 0) is 22.4 Å². The summed E-state index contributed by atoms with van der Waals surface area (Å²) in [5.41, 5.74) is 1.80. The van der Waals surface area contributed by atoms with E-state index in [2.05, 4.69) is 5.10 Å². The number of ether oxygens (including phenoxy) is 2. The molecular formula is C12H18N2O4. The molecule has 1 aromatic rings. The molecule has 1 N–H and O–H groups in total. The molecule has 0 unspecified atom stereocenters. The molecule has 6 nitrogen and oxygen atoms in total. The number of rotatable bonds is 4. The van der Waals surface area contributed by atoms with Crippen LogP contribution >= 0.6 is 0 Å². The van der Waals surface area contributed by atoms with Crippen LogP contribution in [0.2, 0.25) is 0 Å². The van der Waals surface area contributed by atoms with Gasteiger partial charge in [-0.2, -0.15) is 5.10 Å². The standard InChI is InChI=1S/C12H18N2O4/c1-7-6-9-10(8(2)18-7)13-14(4-5-17-3)11(9)12(15)16/h7-8H,4-6H2,1-3H3,(H,15,16)/t7-,8+/m0/s1. The largest absolute Gasteiger partial charge is 0.477 e. The number of carboxylic acids is 1. The van der Waals surface area contributed by atoms with Crippen molar-refractivity contribution in [3.8, 4) is 0 Å². The highest BCUT2D eigenvalue weighted by Gasteiger charge is 2.31. The van der Waals surface area contributed by atoms with Crippen molar-refractivity contribution in [1.82, 2.24) is 9.78 Å². The highest BCUT2D eigenvalue weighted by Crippen LogP contribution is 2.31. The van der Waals surface area contributed by atoms with E-state index in [0.29, 0.717) is 19.6 Å². The van der Waals surface area contributed by atoms with E-state index in [1.165, 1.54) is 4.68 Å². The summed E-state index contributed by atoms with van der Waals surface area (Å²) in [6.45, 7) is 4.71. The SMILES string of the molecule is COCCn1nc2c(c1C(=O)O)C[C@H](C)O[C@@H]2C. The smallest absolute Gasteiger partial charge is 0.354 e. The number of carboxylic acid groups (broad SMARTS) is 1. The van der Waals surface area contributed by atoms with E-state index in [0.717, 1.165) is 11.3 Å². The summed E-state index contributed by atoms with van der Waals surface area (Å²) in [5, 5.41) is 13.7. The molecule has 0 saturated heterocycles. The Morgan fingerprint density at radius 2 is 2.33 bits per heavy atom. The number of hydrogen-bond donors (Lipinski definition) is 1. The lowest BCUT2D eigenvalue weighted by Crippen LogP contribution is -2.23. The first kappa shape index (κ1) is 13.0. The second kappa shape index (κ2) is 5.07. The third-order valence-corrected chi connectivity index (χ3v) is 3.10. The van der Waals surface area contributed by atoms with E-state index < -0.39 is 5.97 Å². The van der Waals surface area contributed by atoms with E-state index in [1.807, 2.05) is 13.8 Å². The number of aromatic carboxylic acids is 1. The quantitative estimate of drug-likeness (QED) is 0.875. The molecule has 1 aliphatic rings. The van der Waals surface area contributed by atoms with Gasteiger partial charge in [0.1, 0.15) is 5.69 Å². The minimum Gasteiger partial charge on any atom is -0.477 e. The zero-order chi connectivity index (χ0) is 13.3. The Balaban J connectivity index is 2.43. The van der Waals surface area contributed by atoms with Crippen molar-refractivity contribution >= 4 is 5.97 Å². The first-order chi connectivity index (χ1) is 8.54. The summed E-state index contributed by atoms with van der Waals surface area (Å²) in [5.74, 6) is -0.943. The average Bonchev–Trinajstić information content (AvgIpc) is 2.64. The molecule has 0 fully saturated rings. The molecule has 2 atom stereocenters. The summed E-state index contributed by atoms with van der Waals surface area (Å²) in [6, 6.07) is 0. The molecule has 0 radical (unpaired) electrons. The predicted molar refractivity (Wildman–Crippen MR) is 63.7 cm³/mol. The number of fused-ring (bicyclic) bond motifs is 1. The molecule has 6 heteroatoms. The number of hydrogen-bond acceptors (Lipinski definition) is 4. The van der Waals surface area contributed by atoms with Gasteiger partial charge in [0.2, 0.25) is 0 Å². The predicted octanol–water partition coefficient (Wildman–Crippen LogP) is 1.25. The van der Waals surface area contributed by atoms with Crippen molar-refractivity contribution in [2.75, 3.05) is 13.7 Å². The number of methoxy groups -OCH3 is 1. The van der Waals surface area contributed by atoms with E-state index in [1.54, 1.807) is 7.11 Å². The van der Waals surface area contributed by atoms with E-state index >= 15 is 0 Å². The molecule has 0 spiro atoms. The van der Waals surface area contributed by atoms with E-state index in [9.17, 15) is 9.90 Å². The fourth-order valence-corrected chi connectivity index (χ4v) is 2.37. The van der Waals surface area contributed by atoms with Crippen molar-refractivity contribution in [3.05, 3.63) is 17.0 Å². The van der Waals surface area contributed by atoms with Crippen molar-refractivity contribution in [2.24, 2.45) is 0 Å². The van der Waals surface area contributed by atoms with Gasteiger partial charge < -0.3 is 14.6 Å². The maximum absolute atomic E-state index is 11.4. The number of nitrogens with zero attached hydrogens (tertiary/aromatic N) is 2. The van der Waals surface area contributed by atoms with Crippen LogP contribution in [0.15, 0.2) is 0 Å². The Hall–Kier alpha value is -1.40. The Labute approximate surface area is 106 Å². The fraction of sp³-hybridized carbons (Fsp3) is 0.667. The summed E-state index contributed by atoms with van der Waals surface area (Å²) in [7, 11) is 1.58. The van der Waals surface area contributed by atoms with Gasteiger partial charge in [-0.05, 0) is 13.8 Å². The molecule has 1 aliphatic heterocycles. The second-order valence-corrected chi connectivity index (χ2v) is 4.53. The van der Waals surface area contributed by atoms with Gasteiger partial charge in [-0.25, -0.2) is 4.79 Å². The topological polar surface area (TPSA) is 73.6 Å². The molecule has 0 saturated carbocycles. The molecular weight excluding hydrogens is 236 g/mol. The Kier molecular flexibility index (Phi) is 3.68. The average molecular weight is 254 g/mol. The van der Waals surface area contributed by atoms with E-state index in [4.69, 9.17) is 9.47 Å². The van der Waals surface area contributed by atoms with Crippen molar-refractivity contribution in [3.63, 3.8) is 0 Å². The van der Waals surface area contributed by atoms with Gasteiger partial charge in [-0.3, -0.25) is 4.68 Å². The summed E-state index contributed by atoms with van der Waals surface area (Å²) in [4.78, 5) is 11.4. The Morgan fingerprint density at radius 1 is 1.61 bits per heavy atom. The summed E-state index contributed by atoms with van der Waals surface area (Å²) < 4.78 is 12.1. The maximum Gasteiger partial charge on any atom is 0.354 e. The number of aromatic nitrogens is 2. The number of carbonyl (C=O) groups is 1. The lowest BCUT2D eigenvalue weighted by molar-refractivity contribution is -0.00721. The minimum absolute atomic E-state index is 0.0191. The van der Waals surface area contributed by atoms with Crippen LogP contribution in [0.25, 0.3) is 0 Å². The molecule has 1 aromatic heterocycles. The maximum atomic E-state index is 11.4. The van der Waals surface area contributed by atoms with Gasteiger partial charge in [0.25, 0.3) is 0 Å². The zero-order valence-corrected chi connectivity index (χ0v) is 10.8. The normalized spacial score (nSPS) is 22.8. The Morgan fingerprint density at radius 3 is 2.94 bits per heavy atom. The first-order valence-electron chi connectivity index (χ1n) is 6.01. The van der Waals surface area contributed by atoms with Gasteiger partial charge in [-0.1, -0.05) is 0 Å². The fourth-order valence-electron chi connectivity index (χ4n) is 2.37. The highest BCUT2D eigenvalue weighted by atomic mass is 16.5. The third-order valence-electron chi connectivity index (χ3n) is 3.10. The molecule has 0 aromatic carbocycles. The third kappa shape index (κ3) is 2.26. The molecule has 100 valence electrons. The van der Waals surface area contributed by atoms with Gasteiger partial charge in [0.05, 0.1) is 31.1 Å². The molecule has 0 aliphatic carbocycles. The van der Waals surface area contributed by atoms with Crippen LogP contribution in [-0.4, -0.2) is 40.7 Å². The Bertz CT molecular complexity index is 455. The highest BCUT2D eigenvalue weighted by molar-refractivity contribution is 5.88. The summed E-state index contributed by atoms with van der Waals surface area (Å²) >= 11 is 0. The minimum atomic E-state index is -0.943. The van der Waals surface area contributed by atoms with Crippen molar-refractivity contribution < 1.29 is 19.4 Å². The lowest BCUT2D eigenvalue weighted by Gasteiger charge is -2.24. The molecule has 2 rings (SSSR count). The van der Waals surface area contributed by atoms with Crippen molar-refractivity contribution in [1.29, 1.82) is 0 Å². The second-order valence-electron chi connectivity index (χ2n) is 4.53. The zero-order valence-electron chi connectivity index (χ0n) is 10.8. The van der Waals surface area contributed by atoms with Gasteiger partial charge >= 0.3 is 5.97 Å². The molecule has 0 bridgehead atoms. The molecule has 0 amide bonds. The first-order valence-corrected chi connectivity index (χ1v) is 6.01. The van der Waals surface area contributed by atoms with E-state index in [-0.39, 0.29) is 17.9 Å². The summed E-state index contributed by atoms with van der Waals surface area (Å²) in [6.07, 6.45) is 0.449. The van der Waals surface area contributed by atoms with Crippen LogP contribution in [0.3, 0.4) is 0 Å². The van der Waals surface area contributed by atoms with Crippen molar-refractivity contribution in [2.45, 2.75) is 39.0 Å². The van der Waals surface area contributed by atoms with Crippen LogP contribution in [0.5, 0.6) is 0 Å². The van der Waals surface area contributed by atoms with Gasteiger partial charge in [-0.15, -0.1) is 0 Å².